The number of nitrogen functional groups attached to an aromatic ring is 1. The number of nitrogens with two attached hydrogens (primary N) is 1. The Labute approximate surface area is 182 Å². The van der Waals surface area contributed by atoms with E-state index in [1.807, 2.05) is 66.7 Å². The number of carbonyl (C=O) groups is 1. The molecule has 152 valence electrons. The van der Waals surface area contributed by atoms with E-state index in [1.165, 1.54) is 0 Å². The molecule has 0 atom stereocenters. The average Bonchev–Trinajstić information content (AvgIpc) is 3.07. The van der Waals surface area contributed by atoms with Crippen molar-refractivity contribution in [2.24, 2.45) is 0 Å². The maximum Gasteiger partial charge on any atom is 0.344 e. The summed E-state index contributed by atoms with van der Waals surface area (Å²) in [4.78, 5) is 22.5. The molecule has 0 aliphatic heterocycles. The molecule has 0 spiro atoms. The molecule has 0 aliphatic carbocycles. The quantitative estimate of drug-likeness (QED) is 0.399. The first-order chi connectivity index (χ1) is 15.1. The maximum absolute atomic E-state index is 13.1. The van der Waals surface area contributed by atoms with Gasteiger partial charge in [-0.15, -0.1) is 0 Å². The highest BCUT2D eigenvalue weighted by Crippen LogP contribution is 2.32. The van der Waals surface area contributed by atoms with Gasteiger partial charge in [-0.25, -0.2) is 14.8 Å². The van der Waals surface area contributed by atoms with Crippen LogP contribution in [0.1, 0.15) is 15.9 Å². The summed E-state index contributed by atoms with van der Waals surface area (Å²) in [6.07, 6.45) is 0. The Balaban J connectivity index is 1.69. The number of aromatic nitrogens is 3. The van der Waals surface area contributed by atoms with E-state index >= 15 is 0 Å². The zero-order valence-corrected chi connectivity index (χ0v) is 17.1. The van der Waals surface area contributed by atoms with Crippen molar-refractivity contribution in [1.82, 2.24) is 14.5 Å². The zero-order chi connectivity index (χ0) is 21.4. The van der Waals surface area contributed by atoms with Crippen LogP contribution in [-0.2, 0) is 11.3 Å². The summed E-state index contributed by atoms with van der Waals surface area (Å²) in [6.45, 7) is 0.129. The topological polar surface area (TPSA) is 83.0 Å². The van der Waals surface area contributed by atoms with Crippen LogP contribution in [0.4, 0.5) is 5.82 Å². The minimum absolute atomic E-state index is 0.129. The van der Waals surface area contributed by atoms with E-state index in [0.29, 0.717) is 32.9 Å². The molecule has 0 unspecified atom stereocenters. The third kappa shape index (κ3) is 3.47. The van der Waals surface area contributed by atoms with E-state index in [-0.39, 0.29) is 18.0 Å². The lowest BCUT2D eigenvalue weighted by Crippen LogP contribution is -2.09. The maximum atomic E-state index is 13.1. The number of hydrogen-bond acceptors (Lipinski definition) is 5. The largest absolute Gasteiger partial charge is 0.457 e. The molecule has 7 heteroatoms. The Kier molecular flexibility index (Phi) is 4.76. The van der Waals surface area contributed by atoms with Crippen molar-refractivity contribution < 1.29 is 9.53 Å². The number of benzene rings is 3. The number of fused-ring (bicyclic) bond motifs is 2. The normalized spacial score (nSPS) is 11.1. The van der Waals surface area contributed by atoms with Gasteiger partial charge in [-0.1, -0.05) is 60.1 Å². The van der Waals surface area contributed by atoms with Gasteiger partial charge < -0.3 is 10.5 Å². The Morgan fingerprint density at radius 2 is 1.65 bits per heavy atom. The smallest absolute Gasteiger partial charge is 0.344 e. The third-order valence-corrected chi connectivity index (χ3v) is 5.22. The standard InChI is InChI=1S/C24H17ClN4O2/c25-16-9-6-10-17(13-16)29-22(26)20(24(30)31-14-15-7-2-1-3-8-15)21-23(29)28-19-12-5-4-11-18(19)27-21/h1-13H,14,26H2. The number of carbonyl (C=O) groups excluding carboxylic acids is 1. The van der Waals surface area contributed by atoms with E-state index in [0.717, 1.165) is 5.56 Å². The van der Waals surface area contributed by atoms with Gasteiger partial charge in [-0.3, -0.25) is 4.57 Å². The Hall–Kier alpha value is -3.90. The summed E-state index contributed by atoms with van der Waals surface area (Å²) < 4.78 is 7.24. The van der Waals surface area contributed by atoms with Crippen molar-refractivity contribution in [2.75, 3.05) is 5.73 Å². The summed E-state index contributed by atoms with van der Waals surface area (Å²) in [5.74, 6) is -0.359. The third-order valence-electron chi connectivity index (χ3n) is 4.98. The van der Waals surface area contributed by atoms with Crippen molar-refractivity contribution in [1.29, 1.82) is 0 Å². The van der Waals surface area contributed by atoms with Crippen molar-refractivity contribution in [3.63, 3.8) is 0 Å². The molecule has 0 saturated heterocycles. The van der Waals surface area contributed by atoms with Crippen LogP contribution in [0.2, 0.25) is 5.02 Å². The van der Waals surface area contributed by atoms with Crippen LogP contribution in [0.5, 0.6) is 0 Å². The van der Waals surface area contributed by atoms with Crippen LogP contribution >= 0.6 is 11.6 Å². The summed E-state index contributed by atoms with van der Waals surface area (Å²) in [5, 5.41) is 0.542. The first-order valence-corrected chi connectivity index (χ1v) is 10.0. The second-order valence-corrected chi connectivity index (χ2v) is 7.46. The van der Waals surface area contributed by atoms with Crippen LogP contribution in [0.15, 0.2) is 78.9 Å². The molecule has 0 saturated carbocycles. The average molecular weight is 429 g/mol. The van der Waals surface area contributed by atoms with E-state index in [1.54, 1.807) is 16.7 Å². The summed E-state index contributed by atoms with van der Waals surface area (Å²) in [7, 11) is 0. The molecule has 31 heavy (non-hydrogen) atoms. The number of nitrogens with zero attached hydrogens (tertiary/aromatic N) is 3. The van der Waals surface area contributed by atoms with Crippen molar-refractivity contribution in [2.45, 2.75) is 6.61 Å². The van der Waals surface area contributed by atoms with Crippen molar-refractivity contribution in [3.05, 3.63) is 95.0 Å². The lowest BCUT2D eigenvalue weighted by Gasteiger charge is -2.08. The highest BCUT2D eigenvalue weighted by molar-refractivity contribution is 6.30. The van der Waals surface area contributed by atoms with Crippen LogP contribution in [-0.4, -0.2) is 20.5 Å². The molecule has 0 amide bonds. The number of halogens is 1. The van der Waals surface area contributed by atoms with Gasteiger partial charge in [0.25, 0.3) is 0 Å². The Bertz CT molecular complexity index is 1430. The van der Waals surface area contributed by atoms with Gasteiger partial charge in [0, 0.05) is 5.02 Å². The van der Waals surface area contributed by atoms with Crippen LogP contribution in [0.25, 0.3) is 27.9 Å². The van der Waals surface area contributed by atoms with E-state index in [4.69, 9.17) is 27.1 Å². The van der Waals surface area contributed by atoms with Crippen LogP contribution < -0.4 is 5.73 Å². The van der Waals surface area contributed by atoms with Gasteiger partial charge in [-0.2, -0.15) is 0 Å². The predicted molar refractivity (Wildman–Crippen MR) is 121 cm³/mol. The summed E-state index contributed by atoms with van der Waals surface area (Å²) in [6, 6.07) is 24.1. The molecule has 0 aliphatic rings. The number of rotatable bonds is 4. The van der Waals surface area contributed by atoms with Gasteiger partial charge in [0.2, 0.25) is 0 Å². The summed E-state index contributed by atoms with van der Waals surface area (Å²) >= 11 is 6.20. The minimum atomic E-state index is -0.559. The Morgan fingerprint density at radius 3 is 2.39 bits per heavy atom. The first kappa shape index (κ1) is 19.1. The minimum Gasteiger partial charge on any atom is -0.457 e. The van der Waals surface area contributed by atoms with Crippen LogP contribution in [0.3, 0.4) is 0 Å². The van der Waals surface area contributed by atoms with Crippen molar-refractivity contribution in [3.8, 4) is 5.69 Å². The fourth-order valence-electron chi connectivity index (χ4n) is 3.53. The van der Waals surface area contributed by atoms with E-state index < -0.39 is 5.97 Å². The monoisotopic (exact) mass is 428 g/mol. The molecule has 2 N–H and O–H groups in total. The first-order valence-electron chi connectivity index (χ1n) is 9.65. The summed E-state index contributed by atoms with van der Waals surface area (Å²) in [5.41, 5.74) is 10.4. The van der Waals surface area contributed by atoms with Gasteiger partial charge >= 0.3 is 5.97 Å². The number of esters is 1. The molecule has 0 bridgehead atoms. The van der Waals surface area contributed by atoms with Crippen LogP contribution in [0, 0.1) is 0 Å². The van der Waals surface area contributed by atoms with Gasteiger partial charge in [0.05, 0.1) is 16.7 Å². The molecule has 2 heterocycles. The number of hydrogen-bond donors (Lipinski definition) is 1. The second kappa shape index (κ2) is 7.74. The second-order valence-electron chi connectivity index (χ2n) is 7.02. The number of para-hydroxylation sites is 2. The molecule has 5 aromatic rings. The van der Waals surface area contributed by atoms with Gasteiger partial charge in [-0.05, 0) is 35.9 Å². The fourth-order valence-corrected chi connectivity index (χ4v) is 3.72. The van der Waals surface area contributed by atoms with Gasteiger partial charge in [0.15, 0.2) is 5.65 Å². The molecular weight excluding hydrogens is 412 g/mol. The number of ether oxygens (including phenoxy) is 1. The highest BCUT2D eigenvalue weighted by Gasteiger charge is 2.26. The molecule has 6 nitrogen and oxygen atoms in total. The lowest BCUT2D eigenvalue weighted by molar-refractivity contribution is 0.0476. The molecule has 0 fully saturated rings. The Morgan fingerprint density at radius 1 is 0.935 bits per heavy atom. The zero-order valence-electron chi connectivity index (χ0n) is 16.3. The molecule has 2 aromatic heterocycles. The predicted octanol–water partition coefficient (Wildman–Crippen LogP) is 5.17. The van der Waals surface area contributed by atoms with Gasteiger partial charge in [0.1, 0.15) is 23.5 Å². The number of anilines is 1. The SMILES string of the molecule is Nc1c(C(=O)OCc2ccccc2)c2nc3ccccc3nc2n1-c1cccc(Cl)c1. The highest BCUT2D eigenvalue weighted by atomic mass is 35.5. The van der Waals surface area contributed by atoms with Crippen molar-refractivity contribution >= 4 is 45.6 Å². The molecule has 3 aromatic carbocycles. The molecule has 5 rings (SSSR count). The lowest BCUT2D eigenvalue weighted by atomic mass is 10.2. The van der Waals surface area contributed by atoms with E-state index in [9.17, 15) is 4.79 Å². The molecular formula is C24H17ClN4O2. The molecule has 0 radical (unpaired) electrons. The van der Waals surface area contributed by atoms with E-state index in [2.05, 4.69) is 4.98 Å². The fraction of sp³-hybridized carbons (Fsp3) is 0.0417.